The highest BCUT2D eigenvalue weighted by Crippen LogP contribution is 2.29. The van der Waals surface area contributed by atoms with E-state index in [1.54, 1.807) is 0 Å². The summed E-state index contributed by atoms with van der Waals surface area (Å²) in [6, 6.07) is 4.85. The number of anilines is 1. The van der Waals surface area contributed by atoms with E-state index >= 15 is 0 Å². The smallest absolute Gasteiger partial charge is 0.302 e. The lowest BCUT2D eigenvalue weighted by Gasteiger charge is -2.26. The van der Waals surface area contributed by atoms with Crippen molar-refractivity contribution in [2.75, 3.05) is 25.0 Å². The lowest BCUT2D eigenvalue weighted by atomic mass is 10.1. The van der Waals surface area contributed by atoms with Crippen molar-refractivity contribution in [3.63, 3.8) is 0 Å². The number of H-pyrrole nitrogens is 1. The normalized spacial score (nSPS) is 18.9. The molecular weight excluding hydrogens is 386 g/mol. The van der Waals surface area contributed by atoms with Gasteiger partial charge in [0.05, 0.1) is 17.0 Å². The largest absolute Gasteiger partial charge is 0.367 e. The fourth-order valence-corrected chi connectivity index (χ4v) is 3.70. The molecule has 4 rings (SSSR count). The molecule has 6 nitrogen and oxygen atoms in total. The summed E-state index contributed by atoms with van der Waals surface area (Å²) in [5.41, 5.74) is 0.537. The van der Waals surface area contributed by atoms with E-state index in [-0.39, 0.29) is 18.3 Å². The van der Waals surface area contributed by atoms with Crippen LogP contribution >= 0.6 is 11.6 Å². The van der Waals surface area contributed by atoms with Crippen molar-refractivity contribution in [1.29, 1.82) is 0 Å². The number of hydrogen-bond acceptors (Lipinski definition) is 5. The number of hydrogen-bond donors (Lipinski definition) is 2. The number of alkyl halides is 2. The first-order chi connectivity index (χ1) is 13.5. The average Bonchev–Trinajstić information content (AvgIpc) is 3.06. The molecule has 4 heterocycles. The maximum Gasteiger partial charge on any atom is 0.302 e. The Morgan fingerprint density at radius 3 is 2.89 bits per heavy atom. The van der Waals surface area contributed by atoms with Crippen LogP contribution in [0.1, 0.15) is 25.0 Å². The first-order valence-corrected chi connectivity index (χ1v) is 9.66. The molecule has 0 spiro atoms. The maximum absolute atomic E-state index is 14.6. The zero-order chi connectivity index (χ0) is 19.6. The lowest BCUT2D eigenvalue weighted by Crippen LogP contribution is -2.37. The van der Waals surface area contributed by atoms with E-state index in [2.05, 4.69) is 25.3 Å². The van der Waals surface area contributed by atoms with Crippen LogP contribution < -0.4 is 5.32 Å². The number of fused-ring (bicyclic) bond motifs is 1. The minimum Gasteiger partial charge on any atom is -0.367 e. The highest BCUT2D eigenvalue weighted by atomic mass is 35.5. The van der Waals surface area contributed by atoms with Gasteiger partial charge in [-0.3, -0.25) is 9.88 Å². The Kier molecular flexibility index (Phi) is 5.41. The molecule has 1 fully saturated rings. The molecule has 1 saturated heterocycles. The fourth-order valence-electron chi connectivity index (χ4n) is 3.59. The van der Waals surface area contributed by atoms with Gasteiger partial charge in [0, 0.05) is 25.0 Å². The molecule has 0 radical (unpaired) electrons. The summed E-state index contributed by atoms with van der Waals surface area (Å²) < 4.78 is 29.2. The summed E-state index contributed by atoms with van der Waals surface area (Å²) in [7, 11) is 0. The Bertz CT molecular complexity index is 930. The van der Waals surface area contributed by atoms with Crippen LogP contribution in [0.4, 0.5) is 14.6 Å². The van der Waals surface area contributed by atoms with E-state index < -0.39 is 5.92 Å². The molecule has 28 heavy (non-hydrogen) atoms. The fraction of sp³-hybridized carbons (Fsp3) is 0.421. The predicted octanol–water partition coefficient (Wildman–Crippen LogP) is 4.06. The summed E-state index contributed by atoms with van der Waals surface area (Å²) >= 11 is 5.75. The summed E-state index contributed by atoms with van der Waals surface area (Å²) in [5, 5.41) is 4.74. The van der Waals surface area contributed by atoms with Gasteiger partial charge in [-0.15, -0.1) is 0 Å². The second-order valence-corrected chi connectivity index (χ2v) is 7.51. The molecule has 9 heteroatoms. The van der Waals surface area contributed by atoms with Crippen molar-refractivity contribution >= 4 is 28.5 Å². The third kappa shape index (κ3) is 4.23. The van der Waals surface area contributed by atoms with Crippen molar-refractivity contribution in [3.05, 3.63) is 47.6 Å². The molecule has 0 aromatic carbocycles. The maximum atomic E-state index is 14.6. The van der Waals surface area contributed by atoms with E-state index in [0.29, 0.717) is 18.1 Å². The summed E-state index contributed by atoms with van der Waals surface area (Å²) in [5.74, 6) is -2.23. The van der Waals surface area contributed by atoms with Crippen molar-refractivity contribution < 1.29 is 8.78 Å². The Labute approximate surface area is 166 Å². The molecule has 148 valence electrons. The van der Waals surface area contributed by atoms with Crippen LogP contribution in [0.5, 0.6) is 0 Å². The molecule has 3 aromatic heterocycles. The topological polar surface area (TPSA) is 69.7 Å². The van der Waals surface area contributed by atoms with E-state index in [4.69, 9.17) is 11.6 Å². The van der Waals surface area contributed by atoms with Gasteiger partial charge in [0.1, 0.15) is 23.5 Å². The van der Waals surface area contributed by atoms with Gasteiger partial charge >= 0.3 is 5.92 Å². The van der Waals surface area contributed by atoms with Crippen LogP contribution in [0.2, 0.25) is 5.02 Å². The quantitative estimate of drug-likeness (QED) is 0.668. The number of aromatic amines is 1. The zero-order valence-corrected chi connectivity index (χ0v) is 16.0. The molecule has 1 aliphatic heterocycles. The molecule has 1 unspecified atom stereocenters. The van der Waals surface area contributed by atoms with Crippen molar-refractivity contribution in [2.45, 2.75) is 31.2 Å². The van der Waals surface area contributed by atoms with E-state index in [1.807, 2.05) is 17.2 Å². The number of halogens is 3. The van der Waals surface area contributed by atoms with Crippen LogP contribution in [-0.2, 0) is 5.92 Å². The molecule has 0 saturated carbocycles. The molecule has 0 aliphatic carbocycles. The highest BCUT2D eigenvalue weighted by Gasteiger charge is 2.36. The molecule has 1 atom stereocenters. The van der Waals surface area contributed by atoms with Crippen LogP contribution in [0.25, 0.3) is 11.0 Å². The van der Waals surface area contributed by atoms with E-state index in [9.17, 15) is 8.78 Å². The Balaban J connectivity index is 1.38. The van der Waals surface area contributed by atoms with Crippen LogP contribution in [0.3, 0.4) is 0 Å². The molecular formula is C19H21ClF2N6. The number of pyridine rings is 1. The molecule has 0 amide bonds. The van der Waals surface area contributed by atoms with Gasteiger partial charge in [0.2, 0.25) is 0 Å². The number of aromatic nitrogens is 4. The Morgan fingerprint density at radius 2 is 2.07 bits per heavy atom. The van der Waals surface area contributed by atoms with E-state index in [1.165, 1.54) is 24.7 Å². The van der Waals surface area contributed by atoms with Gasteiger partial charge in [0.25, 0.3) is 0 Å². The molecule has 1 aliphatic rings. The molecule has 3 aromatic rings. The predicted molar refractivity (Wildman–Crippen MR) is 105 cm³/mol. The Morgan fingerprint density at radius 1 is 1.18 bits per heavy atom. The van der Waals surface area contributed by atoms with Crippen LogP contribution in [0.15, 0.2) is 36.9 Å². The average molecular weight is 407 g/mol. The summed E-state index contributed by atoms with van der Waals surface area (Å²) in [6.45, 7) is 0.872. The van der Waals surface area contributed by atoms with Crippen LogP contribution in [-0.4, -0.2) is 50.5 Å². The highest BCUT2D eigenvalue weighted by molar-refractivity contribution is 6.30. The van der Waals surface area contributed by atoms with Crippen molar-refractivity contribution in [3.8, 4) is 0 Å². The van der Waals surface area contributed by atoms with Gasteiger partial charge in [-0.05, 0) is 44.0 Å². The SMILES string of the molecule is FC(F)(CN1CCCC(Nc2ncnc3[nH]ccc23)CC1)c1ccc(Cl)cn1. The summed E-state index contributed by atoms with van der Waals surface area (Å²) in [4.78, 5) is 17.2. The van der Waals surface area contributed by atoms with Gasteiger partial charge < -0.3 is 10.3 Å². The van der Waals surface area contributed by atoms with E-state index in [0.717, 1.165) is 36.1 Å². The van der Waals surface area contributed by atoms with Gasteiger partial charge in [0.15, 0.2) is 0 Å². The first-order valence-electron chi connectivity index (χ1n) is 9.28. The minimum atomic E-state index is -3.01. The lowest BCUT2D eigenvalue weighted by molar-refractivity contribution is -0.0410. The van der Waals surface area contributed by atoms with Gasteiger partial charge in [-0.2, -0.15) is 8.78 Å². The second kappa shape index (κ2) is 7.97. The van der Waals surface area contributed by atoms with Gasteiger partial charge in [-0.1, -0.05) is 11.6 Å². The second-order valence-electron chi connectivity index (χ2n) is 7.08. The third-order valence-corrected chi connectivity index (χ3v) is 5.26. The summed E-state index contributed by atoms with van der Waals surface area (Å²) in [6.07, 6.45) is 7.10. The minimum absolute atomic E-state index is 0.181. The van der Waals surface area contributed by atoms with Gasteiger partial charge in [-0.25, -0.2) is 9.97 Å². The molecule has 0 bridgehead atoms. The van der Waals surface area contributed by atoms with Crippen LogP contribution in [0, 0.1) is 0 Å². The molecule has 2 N–H and O–H groups in total. The number of rotatable bonds is 5. The first kappa shape index (κ1) is 19.0. The monoisotopic (exact) mass is 406 g/mol. The number of nitrogens with zero attached hydrogens (tertiary/aromatic N) is 4. The zero-order valence-electron chi connectivity index (χ0n) is 15.2. The van der Waals surface area contributed by atoms with Crippen molar-refractivity contribution in [1.82, 2.24) is 24.8 Å². The third-order valence-electron chi connectivity index (χ3n) is 5.04. The number of nitrogens with one attached hydrogen (secondary N) is 2. The van der Waals surface area contributed by atoms with Crippen molar-refractivity contribution in [2.24, 2.45) is 0 Å². The Hall–Kier alpha value is -2.32. The number of likely N-dealkylation sites (tertiary alicyclic amines) is 1. The standard InChI is InChI=1S/C19H21ClF2N6/c20-13-3-4-16(24-10-13)19(21,22)11-28-8-1-2-14(6-9-28)27-18-15-5-7-23-17(15)25-12-26-18/h3-5,7,10,12,14H,1-2,6,8-9,11H2,(H2,23,25,26,27).